The van der Waals surface area contributed by atoms with Crippen molar-refractivity contribution < 1.29 is 9.47 Å². The van der Waals surface area contributed by atoms with Gasteiger partial charge >= 0.3 is 0 Å². The van der Waals surface area contributed by atoms with Crippen LogP contribution in [0.4, 0.5) is 0 Å². The van der Waals surface area contributed by atoms with Crippen LogP contribution in [0.3, 0.4) is 0 Å². The molecule has 2 fully saturated rings. The largest absolute Gasteiger partial charge is 0.497 e. The molecule has 8 nitrogen and oxygen atoms in total. The van der Waals surface area contributed by atoms with Gasteiger partial charge in [-0.25, -0.2) is 0 Å². The van der Waals surface area contributed by atoms with Crippen molar-refractivity contribution in [2.45, 2.75) is 13.5 Å². The molecular formula is C24H42N6O2. The summed E-state index contributed by atoms with van der Waals surface area (Å²) in [6, 6.07) is 6.01. The van der Waals surface area contributed by atoms with E-state index in [2.05, 4.69) is 49.9 Å². The van der Waals surface area contributed by atoms with Gasteiger partial charge in [0.25, 0.3) is 0 Å². The molecule has 8 heteroatoms. The van der Waals surface area contributed by atoms with Gasteiger partial charge in [0.2, 0.25) is 0 Å². The molecule has 2 aliphatic rings. The molecule has 1 aromatic carbocycles. The van der Waals surface area contributed by atoms with Crippen LogP contribution in [-0.4, -0.2) is 119 Å². The highest BCUT2D eigenvalue weighted by atomic mass is 16.5. The second-order valence-corrected chi connectivity index (χ2v) is 9.08. The summed E-state index contributed by atoms with van der Waals surface area (Å²) >= 11 is 0. The average Bonchev–Trinajstić information content (AvgIpc) is 2.82. The van der Waals surface area contributed by atoms with E-state index in [-0.39, 0.29) is 0 Å². The Bertz CT molecular complexity index is 727. The molecule has 0 radical (unpaired) electrons. The third-order valence-corrected chi connectivity index (χ3v) is 6.54. The number of piperazine rings is 2. The van der Waals surface area contributed by atoms with Gasteiger partial charge in [0.05, 0.1) is 14.2 Å². The van der Waals surface area contributed by atoms with Crippen LogP contribution in [0.5, 0.6) is 11.5 Å². The summed E-state index contributed by atoms with van der Waals surface area (Å²) in [5.41, 5.74) is 1.17. The fourth-order valence-corrected chi connectivity index (χ4v) is 4.50. The van der Waals surface area contributed by atoms with Crippen LogP contribution in [-0.2, 0) is 6.54 Å². The first kappa shape index (κ1) is 24.6. The summed E-state index contributed by atoms with van der Waals surface area (Å²) in [6.07, 6.45) is 0. The molecule has 0 spiro atoms. The fraction of sp³-hybridized carbons (Fsp3) is 0.708. The summed E-state index contributed by atoms with van der Waals surface area (Å²) in [6.45, 7) is 13.9. The quantitative estimate of drug-likeness (QED) is 0.477. The lowest BCUT2D eigenvalue weighted by molar-refractivity contribution is 0.138. The first-order chi connectivity index (χ1) is 15.5. The van der Waals surface area contributed by atoms with Crippen molar-refractivity contribution in [2.24, 2.45) is 10.9 Å². The van der Waals surface area contributed by atoms with E-state index in [4.69, 9.17) is 9.47 Å². The third kappa shape index (κ3) is 6.98. The van der Waals surface area contributed by atoms with E-state index in [9.17, 15) is 0 Å². The molecule has 0 amide bonds. The van der Waals surface area contributed by atoms with Gasteiger partial charge in [0.1, 0.15) is 11.5 Å². The van der Waals surface area contributed by atoms with Crippen LogP contribution in [0, 0.1) is 5.92 Å². The van der Waals surface area contributed by atoms with Gasteiger partial charge in [-0.3, -0.25) is 9.89 Å². The Morgan fingerprint density at radius 2 is 1.69 bits per heavy atom. The predicted molar refractivity (Wildman–Crippen MR) is 131 cm³/mol. The van der Waals surface area contributed by atoms with Gasteiger partial charge in [0, 0.05) is 84.6 Å². The van der Waals surface area contributed by atoms with E-state index >= 15 is 0 Å². The van der Waals surface area contributed by atoms with Crippen LogP contribution >= 0.6 is 0 Å². The van der Waals surface area contributed by atoms with E-state index in [0.717, 1.165) is 63.3 Å². The molecule has 0 saturated carbocycles. The van der Waals surface area contributed by atoms with Gasteiger partial charge < -0.3 is 29.5 Å². The lowest BCUT2D eigenvalue weighted by atomic mass is 10.1. The number of hydrogen-bond acceptors (Lipinski definition) is 6. The number of ether oxygens (including phenoxy) is 2. The molecule has 0 bridgehead atoms. The lowest BCUT2D eigenvalue weighted by Crippen LogP contribution is -2.53. The molecule has 0 aromatic heterocycles. The van der Waals surface area contributed by atoms with Gasteiger partial charge in [-0.15, -0.1) is 0 Å². The Hall–Kier alpha value is -2.03. The summed E-state index contributed by atoms with van der Waals surface area (Å²) in [4.78, 5) is 14.4. The SMILES string of the molecule is CN=C(NCC(C)CN1CCN(C)CC1)N1CCN(Cc2cc(OC)ccc2OC)CC1. The van der Waals surface area contributed by atoms with Crippen LogP contribution in [0.1, 0.15) is 12.5 Å². The molecule has 0 aliphatic carbocycles. The minimum absolute atomic E-state index is 0.594. The van der Waals surface area contributed by atoms with Crippen molar-refractivity contribution in [1.82, 2.24) is 24.9 Å². The monoisotopic (exact) mass is 446 g/mol. The topological polar surface area (TPSA) is 55.8 Å². The first-order valence-corrected chi connectivity index (χ1v) is 11.8. The molecular weight excluding hydrogens is 404 g/mol. The molecule has 32 heavy (non-hydrogen) atoms. The molecule has 1 aromatic rings. The number of benzene rings is 1. The summed E-state index contributed by atoms with van der Waals surface area (Å²) < 4.78 is 10.9. The number of guanidine groups is 1. The predicted octanol–water partition coefficient (Wildman–Crippen LogP) is 1.28. The van der Waals surface area contributed by atoms with Crippen molar-refractivity contribution in [3.63, 3.8) is 0 Å². The maximum absolute atomic E-state index is 5.55. The van der Waals surface area contributed by atoms with E-state index in [1.807, 2.05) is 19.2 Å². The Labute approximate surface area is 194 Å². The Balaban J connectivity index is 1.43. The minimum Gasteiger partial charge on any atom is -0.497 e. The van der Waals surface area contributed by atoms with Crippen LogP contribution in [0.2, 0.25) is 0 Å². The number of nitrogens with one attached hydrogen (secondary N) is 1. The fourth-order valence-electron chi connectivity index (χ4n) is 4.50. The van der Waals surface area contributed by atoms with Crippen LogP contribution in [0.15, 0.2) is 23.2 Å². The first-order valence-electron chi connectivity index (χ1n) is 11.8. The second-order valence-electron chi connectivity index (χ2n) is 9.08. The summed E-state index contributed by atoms with van der Waals surface area (Å²) in [7, 11) is 7.53. The van der Waals surface area contributed by atoms with Gasteiger partial charge in [-0.05, 0) is 31.2 Å². The Morgan fingerprint density at radius 3 is 2.31 bits per heavy atom. The molecule has 2 heterocycles. The van der Waals surface area contributed by atoms with Gasteiger partial charge in [-0.2, -0.15) is 0 Å². The standard InChI is InChI=1S/C24H42N6O2/c1-20(18-28-10-8-27(3)9-11-28)17-26-24(25-2)30-14-12-29(13-15-30)19-21-16-22(31-4)6-7-23(21)32-5/h6-7,16,20H,8-15,17-19H2,1-5H3,(H,25,26). The highest BCUT2D eigenvalue weighted by Gasteiger charge is 2.22. The third-order valence-electron chi connectivity index (χ3n) is 6.54. The van der Waals surface area contributed by atoms with Crippen LogP contribution < -0.4 is 14.8 Å². The van der Waals surface area contributed by atoms with Crippen molar-refractivity contribution in [2.75, 3.05) is 93.8 Å². The van der Waals surface area contributed by atoms with E-state index in [0.29, 0.717) is 5.92 Å². The highest BCUT2D eigenvalue weighted by molar-refractivity contribution is 5.80. The molecule has 180 valence electrons. The lowest BCUT2D eigenvalue weighted by Gasteiger charge is -2.37. The Morgan fingerprint density at radius 1 is 1.00 bits per heavy atom. The molecule has 2 saturated heterocycles. The van der Waals surface area contributed by atoms with Gasteiger partial charge in [0.15, 0.2) is 5.96 Å². The maximum Gasteiger partial charge on any atom is 0.193 e. The summed E-state index contributed by atoms with van der Waals surface area (Å²) in [5, 5.41) is 3.62. The molecule has 3 rings (SSSR count). The summed E-state index contributed by atoms with van der Waals surface area (Å²) in [5.74, 6) is 3.40. The normalized spacial score (nSPS) is 20.3. The zero-order chi connectivity index (χ0) is 22.9. The zero-order valence-corrected chi connectivity index (χ0v) is 20.6. The number of methoxy groups -OCH3 is 2. The van der Waals surface area contributed by atoms with E-state index in [1.165, 1.54) is 31.7 Å². The number of aliphatic imine (C=N–C) groups is 1. The molecule has 1 N–H and O–H groups in total. The number of likely N-dealkylation sites (N-methyl/N-ethyl adjacent to an activating group) is 1. The van der Waals surface area contributed by atoms with Crippen molar-refractivity contribution >= 4 is 5.96 Å². The highest BCUT2D eigenvalue weighted by Crippen LogP contribution is 2.25. The average molecular weight is 447 g/mol. The smallest absolute Gasteiger partial charge is 0.193 e. The van der Waals surface area contributed by atoms with Gasteiger partial charge in [-0.1, -0.05) is 6.92 Å². The number of hydrogen-bond donors (Lipinski definition) is 1. The van der Waals surface area contributed by atoms with Crippen LogP contribution in [0.25, 0.3) is 0 Å². The minimum atomic E-state index is 0.594. The maximum atomic E-state index is 5.55. The molecule has 1 unspecified atom stereocenters. The van der Waals surface area contributed by atoms with Crippen molar-refractivity contribution in [1.29, 1.82) is 0 Å². The molecule has 2 aliphatic heterocycles. The number of nitrogens with zero attached hydrogens (tertiary/aromatic N) is 5. The second kappa shape index (κ2) is 12.3. The van der Waals surface area contributed by atoms with E-state index in [1.54, 1.807) is 14.2 Å². The van der Waals surface area contributed by atoms with Crippen molar-refractivity contribution in [3.8, 4) is 11.5 Å². The van der Waals surface area contributed by atoms with Crippen molar-refractivity contribution in [3.05, 3.63) is 23.8 Å². The zero-order valence-electron chi connectivity index (χ0n) is 20.6. The number of rotatable bonds is 8. The van der Waals surface area contributed by atoms with E-state index < -0.39 is 0 Å². The Kier molecular flexibility index (Phi) is 9.44. The molecule has 1 atom stereocenters.